The molecule has 0 aliphatic heterocycles. The van der Waals surface area contributed by atoms with E-state index in [0.29, 0.717) is 26.2 Å². The minimum atomic E-state index is 0. The number of rotatable bonds is 0. The maximum Gasteiger partial charge on any atom is 0 e. The molecule has 0 aromatic heterocycles. The van der Waals surface area contributed by atoms with Crippen LogP contribution in [-0.2, 0) is 49.0 Å². The summed E-state index contributed by atoms with van der Waals surface area (Å²) >= 11 is 0.333. The number of aliphatic hydroxyl groups excluding tert-OH is 1. The van der Waals surface area contributed by atoms with Gasteiger partial charge in [-0.25, -0.2) is 0 Å². The van der Waals surface area contributed by atoms with Crippen LogP contribution in [0.2, 0.25) is 0 Å². The zero-order valence-corrected chi connectivity index (χ0v) is 8.45. The second-order valence-electron chi connectivity index (χ2n) is 0.0913. The van der Waals surface area contributed by atoms with Crippen LogP contribution >= 0.6 is 0 Å². The van der Waals surface area contributed by atoms with Gasteiger partial charge in [0, 0.05) is 21.1 Å². The minimum absolute atomic E-state index is 0. The molecule has 1 N–H and O–H groups in total. The fourth-order valence-electron chi connectivity index (χ4n) is 0. The van der Waals surface area contributed by atoms with Gasteiger partial charge < -0.3 is 9.90 Å². The Balaban J connectivity index is -0.0000000275. The zero-order chi connectivity index (χ0) is 4.71. The molecule has 0 aliphatic carbocycles. The normalized spacial score (nSPS) is 2.67. The molecule has 0 saturated heterocycles. The van der Waals surface area contributed by atoms with E-state index in [4.69, 9.17) is 13.3 Å². The summed E-state index contributed by atoms with van der Waals surface area (Å²) < 4.78 is 8.33. The van der Waals surface area contributed by atoms with E-state index >= 15 is 0 Å². The molecule has 0 rings (SSSR count). The summed E-state index contributed by atoms with van der Waals surface area (Å²) in [4.78, 5) is 8.24. The quantitative estimate of drug-likeness (QED) is 0.529. The largest absolute Gasteiger partial charge is 0 e. The smallest absolute Gasteiger partial charge is 0 e. The first kappa shape index (κ1) is 15.9. The van der Waals surface area contributed by atoms with Gasteiger partial charge in [-0.2, -0.15) is 0 Å². The Morgan fingerprint density at radius 1 is 1.50 bits per heavy atom. The summed E-state index contributed by atoms with van der Waals surface area (Å²) in [5.74, 6) is 0. The molecule has 6 heavy (non-hydrogen) atoms. The maximum atomic E-state index is 8.33. The first-order chi connectivity index (χ1) is 2.41. The Bertz CT molecular complexity index is 22.8. The van der Waals surface area contributed by atoms with Crippen LogP contribution in [0.4, 0.5) is 0 Å². The number of hydrogen-bond acceptors (Lipinski definition) is 2. The van der Waals surface area contributed by atoms with E-state index in [9.17, 15) is 0 Å². The summed E-state index contributed by atoms with van der Waals surface area (Å²) in [7, 11) is 0. The second kappa shape index (κ2) is 45.0. The molecule has 0 saturated carbocycles. The molecule has 0 spiro atoms. The summed E-state index contributed by atoms with van der Waals surface area (Å²) in [5.41, 5.74) is 0. The molecule has 0 atom stereocenters. The Hall–Kier alpha value is 0.647. The van der Waals surface area contributed by atoms with E-state index < -0.39 is 0 Å². The molecule has 36 valence electrons. The Morgan fingerprint density at radius 3 is 1.50 bits per heavy atom. The van der Waals surface area contributed by atoms with Gasteiger partial charge in [-0.15, -0.1) is 0 Å². The van der Waals surface area contributed by atoms with Crippen LogP contribution in [0.5, 0.6) is 0 Å². The van der Waals surface area contributed by atoms with Crippen molar-refractivity contribution >= 4 is 6.47 Å². The maximum absolute atomic E-state index is 8.33. The fourth-order valence-corrected chi connectivity index (χ4v) is 0. The summed E-state index contributed by atoms with van der Waals surface area (Å²) in [6.07, 6.45) is 0. The van der Waals surface area contributed by atoms with Crippen molar-refractivity contribution in [2.45, 2.75) is 0 Å². The van der Waals surface area contributed by atoms with Crippen molar-refractivity contribution in [3.05, 3.63) is 0 Å². The van der Waals surface area contributed by atoms with Crippen molar-refractivity contribution in [2.24, 2.45) is 0 Å². The van der Waals surface area contributed by atoms with Crippen molar-refractivity contribution < 1.29 is 54.1 Å². The first-order valence-corrected chi connectivity index (χ1v) is 1.79. The summed E-state index contributed by atoms with van der Waals surface area (Å²) in [5, 5.41) is 6.76. The third-order valence-corrected chi connectivity index (χ3v) is 0. The Labute approximate surface area is 60.6 Å². The van der Waals surface area contributed by atoms with Gasteiger partial charge in [0.15, 0.2) is 0 Å². The summed E-state index contributed by atoms with van der Waals surface area (Å²) in [6.45, 7) is 0.500. The van der Waals surface area contributed by atoms with Crippen molar-refractivity contribution in [3.63, 3.8) is 0 Å². The standard InChI is InChI=1S/CHO2.O.2W/c2-1-3;;;/h(H,2,3);;;/q-1;;;. The molecule has 3 nitrogen and oxygen atoms in total. The molecular weight excluding hydrogens is 428 g/mol. The zero-order valence-electron chi connectivity index (χ0n) is 2.58. The topological polar surface area (TPSA) is 54.4 Å². The molecule has 0 heterocycles. The van der Waals surface area contributed by atoms with Crippen molar-refractivity contribution in [3.8, 4) is 0 Å². The predicted molar refractivity (Wildman–Crippen MR) is 9.01 cm³/mol. The van der Waals surface area contributed by atoms with Crippen LogP contribution in [0.15, 0.2) is 0 Å². The molecule has 0 aromatic carbocycles. The molecule has 0 fully saturated rings. The molecular formula is CHO3W2-. The van der Waals surface area contributed by atoms with Gasteiger partial charge in [0.2, 0.25) is 0 Å². The van der Waals surface area contributed by atoms with Crippen LogP contribution < -0.4 is 0 Å². The molecule has 0 aliphatic rings. The molecule has 0 bridgehead atoms. The van der Waals surface area contributed by atoms with Crippen LogP contribution in [0.1, 0.15) is 0 Å². The van der Waals surface area contributed by atoms with E-state index in [1.165, 1.54) is 0 Å². The Kier molecular flexibility index (Phi) is 119. The van der Waals surface area contributed by atoms with Gasteiger partial charge >= 0.3 is 23.2 Å². The molecule has 5 heteroatoms. The van der Waals surface area contributed by atoms with E-state index in [1.54, 1.807) is 0 Å². The SMILES string of the molecule is O=[C-]O.[O]=[W].[W]. The minimum Gasteiger partial charge on any atom is 0 e. The van der Waals surface area contributed by atoms with Crippen LogP contribution in [0, 0.1) is 0 Å². The molecule has 0 aromatic rings. The van der Waals surface area contributed by atoms with Gasteiger partial charge in [-0.05, 0) is 0 Å². The third kappa shape index (κ3) is 148. The van der Waals surface area contributed by atoms with E-state index in [-0.39, 0.29) is 21.1 Å². The van der Waals surface area contributed by atoms with Crippen LogP contribution in [0.25, 0.3) is 0 Å². The molecule has 0 radical (unpaired) electrons. The average Bonchev–Trinajstić information content (AvgIpc) is 1.46. The van der Waals surface area contributed by atoms with E-state index in [2.05, 4.69) is 0 Å². The molecule has 0 unspecified atom stereocenters. The van der Waals surface area contributed by atoms with E-state index in [1.807, 2.05) is 0 Å². The average molecular weight is 429 g/mol. The van der Waals surface area contributed by atoms with Gasteiger partial charge in [0.1, 0.15) is 0 Å². The second-order valence-corrected chi connectivity index (χ2v) is 0.0913. The summed E-state index contributed by atoms with van der Waals surface area (Å²) in [6, 6.07) is 0. The third-order valence-electron chi connectivity index (χ3n) is 0. The Morgan fingerprint density at radius 2 is 1.50 bits per heavy atom. The fraction of sp³-hybridized carbons (Fsp3) is 0. The van der Waals surface area contributed by atoms with Gasteiger partial charge in [0.25, 0.3) is 0 Å². The predicted octanol–water partition coefficient (Wildman–Crippen LogP) is -0.512. The first-order valence-electron chi connectivity index (χ1n) is 0.594. The monoisotopic (exact) mass is 429 g/mol. The van der Waals surface area contributed by atoms with Gasteiger partial charge in [-0.3, -0.25) is 0 Å². The number of hydrogen-bond donors (Lipinski definition) is 1. The van der Waals surface area contributed by atoms with Gasteiger partial charge in [0.05, 0.1) is 0 Å². The van der Waals surface area contributed by atoms with E-state index in [0.717, 1.165) is 0 Å². The van der Waals surface area contributed by atoms with Crippen LogP contribution in [-0.4, -0.2) is 11.6 Å². The van der Waals surface area contributed by atoms with Crippen molar-refractivity contribution in [1.82, 2.24) is 0 Å². The van der Waals surface area contributed by atoms with Crippen LogP contribution in [0.3, 0.4) is 0 Å². The van der Waals surface area contributed by atoms with Crippen molar-refractivity contribution in [1.29, 1.82) is 0 Å². The van der Waals surface area contributed by atoms with Gasteiger partial charge in [-0.1, -0.05) is 6.47 Å². The molecule has 0 amide bonds. The van der Waals surface area contributed by atoms with Crippen molar-refractivity contribution in [2.75, 3.05) is 0 Å².